The van der Waals surface area contributed by atoms with Crippen LogP contribution in [0.15, 0.2) is 35.3 Å². The van der Waals surface area contributed by atoms with E-state index in [4.69, 9.17) is 0 Å². The highest BCUT2D eigenvalue weighted by atomic mass is 16.4. The van der Waals surface area contributed by atoms with Gasteiger partial charge in [-0.2, -0.15) is 0 Å². The zero-order chi connectivity index (χ0) is 19.3. The van der Waals surface area contributed by atoms with Crippen LogP contribution in [0.3, 0.4) is 0 Å². The molecule has 1 fully saturated rings. The van der Waals surface area contributed by atoms with Crippen LogP contribution in [0.25, 0.3) is 22.0 Å². The normalized spacial score (nSPS) is 13.9. The predicted molar refractivity (Wildman–Crippen MR) is 102 cm³/mol. The molecule has 0 spiro atoms. The Morgan fingerprint density at radius 2 is 2.00 bits per heavy atom. The summed E-state index contributed by atoms with van der Waals surface area (Å²) < 4.78 is 1.94. The Morgan fingerprint density at radius 1 is 1.26 bits per heavy atom. The van der Waals surface area contributed by atoms with E-state index in [0.717, 1.165) is 40.7 Å². The molecule has 2 heterocycles. The zero-order valence-electron chi connectivity index (χ0n) is 15.2. The molecule has 1 aromatic carbocycles. The van der Waals surface area contributed by atoms with Crippen molar-refractivity contribution in [2.75, 3.05) is 0 Å². The van der Waals surface area contributed by atoms with Gasteiger partial charge in [-0.3, -0.25) is 9.78 Å². The largest absolute Gasteiger partial charge is 0.477 e. The molecule has 1 saturated carbocycles. The number of benzene rings is 1. The molecule has 138 valence electrons. The molecule has 0 aliphatic heterocycles. The minimum Gasteiger partial charge on any atom is -0.477 e. The minimum absolute atomic E-state index is 0.143. The lowest BCUT2D eigenvalue weighted by Gasteiger charge is -2.17. The number of hydrogen-bond acceptors (Lipinski definition) is 4. The second kappa shape index (κ2) is 6.32. The number of aromatic nitrogens is 2. The molecule has 0 atom stereocenters. The molecule has 2 aromatic heterocycles. The van der Waals surface area contributed by atoms with Crippen molar-refractivity contribution in [3.8, 4) is 11.1 Å². The van der Waals surface area contributed by atoms with Crippen LogP contribution in [-0.4, -0.2) is 25.7 Å². The molecule has 1 aliphatic rings. The minimum atomic E-state index is -1.20. The van der Waals surface area contributed by atoms with Gasteiger partial charge < -0.3 is 14.8 Å². The molecule has 0 amide bonds. The first-order chi connectivity index (χ1) is 12.9. The van der Waals surface area contributed by atoms with E-state index in [1.807, 2.05) is 36.6 Å². The lowest BCUT2D eigenvalue weighted by molar-refractivity contribution is 0.0695. The number of carbonyl (C=O) groups is 1. The molecule has 27 heavy (non-hydrogen) atoms. The third-order valence-corrected chi connectivity index (χ3v) is 5.10. The van der Waals surface area contributed by atoms with Gasteiger partial charge in [0.25, 0.3) is 0 Å². The fourth-order valence-corrected chi connectivity index (χ4v) is 3.70. The smallest absolute Gasteiger partial charge is 0.341 e. The third-order valence-electron chi connectivity index (χ3n) is 5.10. The third kappa shape index (κ3) is 2.92. The lowest BCUT2D eigenvalue weighted by atomic mass is 9.96. The molecule has 2 N–H and O–H groups in total. The molecule has 6 heteroatoms. The highest BCUT2D eigenvalue weighted by molar-refractivity contribution is 5.95. The molecule has 0 unspecified atom stereocenters. The average Bonchev–Trinajstić information content (AvgIpc) is 3.46. The average molecular weight is 364 g/mol. The monoisotopic (exact) mass is 364 g/mol. The Morgan fingerprint density at radius 3 is 2.63 bits per heavy atom. The van der Waals surface area contributed by atoms with Crippen LogP contribution in [0.2, 0.25) is 0 Å². The first kappa shape index (κ1) is 17.4. The van der Waals surface area contributed by atoms with Crippen molar-refractivity contribution >= 4 is 16.9 Å². The van der Waals surface area contributed by atoms with E-state index in [0.29, 0.717) is 11.1 Å². The van der Waals surface area contributed by atoms with E-state index in [1.54, 1.807) is 6.07 Å². The van der Waals surface area contributed by atoms with Crippen molar-refractivity contribution in [2.45, 2.75) is 39.3 Å². The van der Waals surface area contributed by atoms with E-state index in [2.05, 4.69) is 4.98 Å². The number of aromatic carboxylic acids is 1. The molecule has 4 rings (SSSR count). The van der Waals surface area contributed by atoms with Gasteiger partial charge in [-0.1, -0.05) is 6.07 Å². The van der Waals surface area contributed by atoms with Crippen LogP contribution >= 0.6 is 0 Å². The molecule has 0 saturated heterocycles. The van der Waals surface area contributed by atoms with Gasteiger partial charge >= 0.3 is 5.97 Å². The summed E-state index contributed by atoms with van der Waals surface area (Å²) in [5, 5.41) is 19.3. The number of nitrogens with zero attached hydrogens (tertiary/aromatic N) is 2. The van der Waals surface area contributed by atoms with E-state index in [1.165, 1.54) is 6.20 Å². The van der Waals surface area contributed by atoms with E-state index < -0.39 is 11.4 Å². The van der Waals surface area contributed by atoms with Gasteiger partial charge in [-0.15, -0.1) is 0 Å². The Kier molecular flexibility index (Phi) is 4.08. The summed E-state index contributed by atoms with van der Waals surface area (Å²) in [6, 6.07) is 7.56. The number of hydrogen-bond donors (Lipinski definition) is 2. The van der Waals surface area contributed by atoms with Gasteiger partial charge in [0.2, 0.25) is 5.43 Å². The lowest BCUT2D eigenvalue weighted by Crippen LogP contribution is -2.19. The molecule has 6 nitrogen and oxygen atoms in total. The second-order valence-corrected chi connectivity index (χ2v) is 7.10. The first-order valence-corrected chi connectivity index (χ1v) is 8.91. The summed E-state index contributed by atoms with van der Waals surface area (Å²) in [6.45, 7) is 3.68. The number of carboxylic acids is 1. The fraction of sp³-hybridized carbons (Fsp3) is 0.286. The Bertz CT molecular complexity index is 1140. The molecule has 1 aliphatic carbocycles. The highest BCUT2D eigenvalue weighted by Crippen LogP contribution is 2.39. The zero-order valence-corrected chi connectivity index (χ0v) is 15.2. The van der Waals surface area contributed by atoms with Crippen LogP contribution < -0.4 is 5.43 Å². The van der Waals surface area contributed by atoms with Gasteiger partial charge in [-0.25, -0.2) is 4.79 Å². The van der Waals surface area contributed by atoms with Crippen molar-refractivity contribution < 1.29 is 15.0 Å². The quantitative estimate of drug-likeness (QED) is 0.742. The predicted octanol–water partition coefficient (Wildman–Crippen LogP) is 3.21. The van der Waals surface area contributed by atoms with Gasteiger partial charge in [-0.05, 0) is 61.6 Å². The van der Waals surface area contributed by atoms with Crippen LogP contribution in [-0.2, 0) is 6.61 Å². The van der Waals surface area contributed by atoms with Crippen LogP contribution in [0, 0.1) is 13.8 Å². The van der Waals surface area contributed by atoms with Crippen molar-refractivity contribution in [1.29, 1.82) is 0 Å². The molecule has 0 bridgehead atoms. The molecular weight excluding hydrogens is 344 g/mol. The topological polar surface area (TPSA) is 92.4 Å². The first-order valence-electron chi connectivity index (χ1n) is 8.91. The van der Waals surface area contributed by atoms with Crippen molar-refractivity contribution in [2.24, 2.45) is 0 Å². The number of aliphatic hydroxyl groups is 1. The van der Waals surface area contributed by atoms with E-state index >= 15 is 0 Å². The summed E-state index contributed by atoms with van der Waals surface area (Å²) in [7, 11) is 0. The van der Waals surface area contributed by atoms with Gasteiger partial charge in [0.15, 0.2) is 0 Å². The standard InChI is InChI=1S/C21H20N2O4/c1-11-7-13(8-14(10-24)22-11)16-5-6-17-19(12(16)2)23(15-3-4-15)9-18(20(17)25)21(26)27/h5-9,15,24H,3-4,10H2,1-2H3,(H,26,27). The maximum Gasteiger partial charge on any atom is 0.341 e. The SMILES string of the molecule is Cc1cc(-c2ccc3c(=O)c(C(=O)O)cn(C4CC4)c3c2C)cc(CO)n1. The number of carboxylic acid groups (broad SMARTS) is 1. The maximum atomic E-state index is 12.7. The van der Waals surface area contributed by atoms with Crippen LogP contribution in [0.1, 0.15) is 46.2 Å². The summed E-state index contributed by atoms with van der Waals surface area (Å²) in [6.07, 6.45) is 3.44. The Labute approximate surface area is 155 Å². The Balaban J connectivity index is 2.04. The van der Waals surface area contributed by atoms with Crippen LogP contribution in [0.5, 0.6) is 0 Å². The van der Waals surface area contributed by atoms with Gasteiger partial charge in [0, 0.05) is 23.3 Å². The van der Waals surface area contributed by atoms with Gasteiger partial charge in [0.1, 0.15) is 5.56 Å². The summed E-state index contributed by atoms with van der Waals surface area (Å²) in [5.74, 6) is -1.20. The van der Waals surface area contributed by atoms with Gasteiger partial charge in [0.05, 0.1) is 17.8 Å². The molecule has 3 aromatic rings. The van der Waals surface area contributed by atoms with E-state index in [9.17, 15) is 19.8 Å². The number of aliphatic hydroxyl groups excluding tert-OH is 1. The number of rotatable bonds is 4. The molecule has 0 radical (unpaired) electrons. The fourth-order valence-electron chi connectivity index (χ4n) is 3.70. The second-order valence-electron chi connectivity index (χ2n) is 7.10. The van der Waals surface area contributed by atoms with Crippen molar-refractivity contribution in [3.05, 3.63) is 63.2 Å². The number of aryl methyl sites for hydroxylation is 2. The number of fused-ring (bicyclic) bond motifs is 1. The number of pyridine rings is 2. The van der Waals surface area contributed by atoms with Crippen molar-refractivity contribution in [1.82, 2.24) is 9.55 Å². The summed E-state index contributed by atoms with van der Waals surface area (Å²) >= 11 is 0. The Hall–Kier alpha value is -2.99. The highest BCUT2D eigenvalue weighted by Gasteiger charge is 2.28. The van der Waals surface area contributed by atoms with Crippen LogP contribution in [0.4, 0.5) is 0 Å². The summed E-state index contributed by atoms with van der Waals surface area (Å²) in [5.41, 5.74) is 4.31. The molecular formula is C21H20N2O4. The maximum absolute atomic E-state index is 12.7. The summed E-state index contributed by atoms with van der Waals surface area (Å²) in [4.78, 5) is 28.5. The van der Waals surface area contributed by atoms with Crippen molar-refractivity contribution in [3.63, 3.8) is 0 Å². The van der Waals surface area contributed by atoms with E-state index in [-0.39, 0.29) is 18.2 Å².